The van der Waals surface area contributed by atoms with Gasteiger partial charge in [-0.25, -0.2) is 10.2 Å². The lowest BCUT2D eigenvalue weighted by Gasteiger charge is -2.31. The summed E-state index contributed by atoms with van der Waals surface area (Å²) in [7, 11) is 0. The van der Waals surface area contributed by atoms with Crippen molar-refractivity contribution in [2.24, 2.45) is 5.41 Å². The molecular weight excluding hydrogens is 312 g/mol. The fraction of sp³-hybridized carbons (Fsp3) is 0.381. The van der Waals surface area contributed by atoms with Gasteiger partial charge in [-0.05, 0) is 49.3 Å². The number of rotatable bonds is 5. The molecule has 4 nitrogen and oxygen atoms in total. The Bertz CT molecular complexity index is 716. The van der Waals surface area contributed by atoms with E-state index in [1.54, 1.807) is 6.08 Å². The molecule has 1 aliphatic carbocycles. The van der Waals surface area contributed by atoms with Crippen LogP contribution in [0.1, 0.15) is 47.0 Å². The van der Waals surface area contributed by atoms with Gasteiger partial charge in [0.2, 0.25) is 0 Å². The zero-order chi connectivity index (χ0) is 18.4. The number of nitrogens with one attached hydrogen (secondary N) is 1. The van der Waals surface area contributed by atoms with Crippen molar-refractivity contribution < 1.29 is 15.3 Å². The Morgan fingerprint density at radius 1 is 1.28 bits per heavy atom. The highest BCUT2D eigenvalue weighted by Crippen LogP contribution is 2.40. The number of allylic oxidation sites excluding steroid dienone is 10. The summed E-state index contributed by atoms with van der Waals surface area (Å²) in [6, 6.07) is 0. The molecule has 4 N–H and O–H groups in total. The largest absolute Gasteiger partial charge is 0.512 e. The Kier molecular flexibility index (Phi) is 6.21. The molecule has 1 amide bonds. The Morgan fingerprint density at radius 2 is 2.04 bits per heavy atom. The molecule has 0 spiro atoms. The summed E-state index contributed by atoms with van der Waals surface area (Å²) in [6.07, 6.45) is 16.6. The average molecular weight is 341 g/mol. The van der Waals surface area contributed by atoms with Crippen LogP contribution in [0.15, 0.2) is 70.7 Å². The Balaban J connectivity index is 2.00. The van der Waals surface area contributed by atoms with Crippen LogP contribution < -0.4 is 10.9 Å². The Morgan fingerprint density at radius 3 is 2.68 bits per heavy atom. The van der Waals surface area contributed by atoms with Crippen LogP contribution in [-0.2, 0) is 4.79 Å². The zero-order valence-corrected chi connectivity index (χ0v) is 15.6. The van der Waals surface area contributed by atoms with Crippen LogP contribution in [0, 0.1) is 5.41 Å². The SMILES string of the molecule is CC(/C=C/C1=C(O)CCCC1(C)C)=C\C=C\C(C)=C\C1=CC(=O)[NH2+]N1. The summed E-state index contributed by atoms with van der Waals surface area (Å²) in [4.78, 5) is 11.1. The molecule has 4 heteroatoms. The van der Waals surface area contributed by atoms with Crippen LogP contribution in [0.2, 0.25) is 0 Å². The lowest BCUT2D eigenvalue weighted by atomic mass is 9.74. The highest BCUT2D eigenvalue weighted by molar-refractivity contribution is 5.81. The number of nitrogens with two attached hydrogens (primary N) is 1. The van der Waals surface area contributed by atoms with Crippen molar-refractivity contribution in [1.29, 1.82) is 0 Å². The summed E-state index contributed by atoms with van der Waals surface area (Å²) < 4.78 is 0. The van der Waals surface area contributed by atoms with Gasteiger partial charge in [0.1, 0.15) is 0 Å². The predicted molar refractivity (Wildman–Crippen MR) is 101 cm³/mol. The van der Waals surface area contributed by atoms with E-state index in [4.69, 9.17) is 0 Å². The standard InChI is InChI=1S/C21H28N2O2/c1-15(10-11-18-19(24)9-6-12-21(18,3)4)7-5-8-16(2)13-17-14-20(25)23-22-17/h5,7-8,10-11,13-14,24H,6,9,12H2,1-4H3,(H2,22,23,25)/p+1/b8-5+,11-10+,15-7+,16-13+. The molecular formula is C21H29N2O2+. The summed E-state index contributed by atoms with van der Waals surface area (Å²) >= 11 is 0. The van der Waals surface area contributed by atoms with Gasteiger partial charge in [-0.1, -0.05) is 49.8 Å². The number of aliphatic hydroxyl groups is 1. The van der Waals surface area contributed by atoms with Gasteiger partial charge >= 0.3 is 5.91 Å². The highest BCUT2D eigenvalue weighted by Gasteiger charge is 2.28. The Labute approximate surface area is 150 Å². The molecule has 0 aromatic heterocycles. The first-order chi connectivity index (χ1) is 11.8. The number of hydrogen-bond acceptors (Lipinski definition) is 3. The van der Waals surface area contributed by atoms with Crippen molar-refractivity contribution >= 4 is 5.91 Å². The molecule has 0 unspecified atom stereocenters. The molecule has 2 aliphatic rings. The molecule has 0 saturated carbocycles. The summed E-state index contributed by atoms with van der Waals surface area (Å²) in [6.45, 7) is 8.41. The van der Waals surface area contributed by atoms with Crippen LogP contribution in [0.25, 0.3) is 0 Å². The molecule has 1 heterocycles. The smallest absolute Gasteiger partial charge is 0.361 e. The number of aliphatic hydroxyl groups excluding tert-OH is 1. The molecule has 2 rings (SSSR count). The maximum absolute atomic E-state index is 11.1. The van der Waals surface area contributed by atoms with E-state index in [1.165, 1.54) is 5.43 Å². The summed E-state index contributed by atoms with van der Waals surface area (Å²) in [5.74, 6) is 0.519. The fourth-order valence-electron chi connectivity index (χ4n) is 3.07. The van der Waals surface area contributed by atoms with Crippen molar-refractivity contribution in [3.05, 3.63) is 70.7 Å². The summed E-state index contributed by atoms with van der Waals surface area (Å²) in [5, 5.41) is 10.2. The van der Waals surface area contributed by atoms with Crippen LogP contribution in [-0.4, -0.2) is 11.0 Å². The van der Waals surface area contributed by atoms with Crippen molar-refractivity contribution in [3.63, 3.8) is 0 Å². The lowest BCUT2D eigenvalue weighted by Crippen LogP contribution is -2.92. The van der Waals surface area contributed by atoms with Crippen LogP contribution in [0.3, 0.4) is 0 Å². The van der Waals surface area contributed by atoms with Gasteiger partial charge in [0.15, 0.2) is 0 Å². The minimum Gasteiger partial charge on any atom is -0.512 e. The molecule has 0 atom stereocenters. The number of amides is 1. The second-order valence-corrected chi connectivity index (χ2v) is 7.38. The van der Waals surface area contributed by atoms with Crippen molar-refractivity contribution in [3.8, 4) is 0 Å². The van der Waals surface area contributed by atoms with E-state index in [-0.39, 0.29) is 11.3 Å². The predicted octanol–water partition coefficient (Wildman–Crippen LogP) is 3.51. The second-order valence-electron chi connectivity index (χ2n) is 7.38. The number of carbonyl (C=O) groups is 1. The second kappa shape index (κ2) is 8.17. The zero-order valence-electron chi connectivity index (χ0n) is 15.6. The topological polar surface area (TPSA) is 65.9 Å². The van der Waals surface area contributed by atoms with E-state index < -0.39 is 0 Å². The van der Waals surface area contributed by atoms with Gasteiger partial charge in [-0.2, -0.15) is 5.43 Å². The van der Waals surface area contributed by atoms with E-state index in [1.807, 2.05) is 44.2 Å². The number of quaternary nitrogens is 1. The van der Waals surface area contributed by atoms with E-state index in [2.05, 4.69) is 25.3 Å². The maximum atomic E-state index is 11.1. The van der Waals surface area contributed by atoms with Crippen LogP contribution in [0.5, 0.6) is 0 Å². The highest BCUT2D eigenvalue weighted by atomic mass is 16.3. The van der Waals surface area contributed by atoms with Gasteiger partial charge in [-0.3, -0.25) is 0 Å². The fourth-order valence-corrected chi connectivity index (χ4v) is 3.07. The average Bonchev–Trinajstić information content (AvgIpc) is 2.91. The first-order valence-corrected chi connectivity index (χ1v) is 8.77. The van der Waals surface area contributed by atoms with Gasteiger partial charge in [0, 0.05) is 6.42 Å². The van der Waals surface area contributed by atoms with Gasteiger partial charge in [0.25, 0.3) is 0 Å². The monoisotopic (exact) mass is 341 g/mol. The summed E-state index contributed by atoms with van der Waals surface area (Å²) in [5.41, 5.74) is 8.45. The quantitative estimate of drug-likeness (QED) is 0.529. The molecule has 0 radical (unpaired) electrons. The van der Waals surface area contributed by atoms with E-state index in [9.17, 15) is 9.90 Å². The number of primary amides is 1. The Hall–Kier alpha value is -2.33. The van der Waals surface area contributed by atoms with Gasteiger partial charge < -0.3 is 5.11 Å². The minimum absolute atomic E-state index is 0.00731. The first kappa shape index (κ1) is 19.0. The van der Waals surface area contributed by atoms with Crippen molar-refractivity contribution in [2.45, 2.75) is 47.0 Å². The third kappa shape index (κ3) is 5.61. The van der Waals surface area contributed by atoms with E-state index in [0.717, 1.165) is 41.7 Å². The van der Waals surface area contributed by atoms with Crippen molar-refractivity contribution in [2.75, 3.05) is 0 Å². The minimum atomic E-state index is -0.00731. The van der Waals surface area contributed by atoms with Gasteiger partial charge in [0.05, 0.1) is 17.5 Å². The molecule has 0 aromatic carbocycles. The molecule has 25 heavy (non-hydrogen) atoms. The first-order valence-electron chi connectivity index (χ1n) is 8.77. The van der Waals surface area contributed by atoms with Crippen molar-refractivity contribution in [1.82, 2.24) is 5.43 Å². The molecule has 0 aromatic rings. The van der Waals surface area contributed by atoms with Crippen LogP contribution in [0.4, 0.5) is 0 Å². The lowest BCUT2D eigenvalue weighted by molar-refractivity contribution is -0.609. The molecule has 134 valence electrons. The normalized spacial score (nSPS) is 22.1. The molecule has 0 saturated heterocycles. The van der Waals surface area contributed by atoms with Crippen LogP contribution >= 0.6 is 0 Å². The van der Waals surface area contributed by atoms with Gasteiger partial charge in [-0.15, -0.1) is 0 Å². The molecule has 0 bridgehead atoms. The number of hydrogen-bond donors (Lipinski definition) is 3. The molecule has 1 aliphatic heterocycles. The molecule has 0 fully saturated rings. The number of carbonyl (C=O) groups excluding carboxylic acids is 1. The van der Waals surface area contributed by atoms with E-state index >= 15 is 0 Å². The van der Waals surface area contributed by atoms with E-state index in [0.29, 0.717) is 5.76 Å². The maximum Gasteiger partial charge on any atom is 0.361 e. The third-order valence-corrected chi connectivity index (χ3v) is 4.55. The third-order valence-electron chi connectivity index (χ3n) is 4.55.